The molecule has 2 aromatic heterocycles. The summed E-state index contributed by atoms with van der Waals surface area (Å²) in [7, 11) is -3.65. The third-order valence-corrected chi connectivity index (χ3v) is 8.60. The molecule has 0 aliphatic carbocycles. The molecule has 2 amide bonds. The fourth-order valence-corrected chi connectivity index (χ4v) is 6.37. The van der Waals surface area contributed by atoms with Crippen molar-refractivity contribution >= 4 is 55.8 Å². The predicted octanol–water partition coefficient (Wildman–Crippen LogP) is 4.51. The second-order valence-corrected chi connectivity index (χ2v) is 11.5. The normalized spacial score (nSPS) is 14.1. The van der Waals surface area contributed by atoms with Gasteiger partial charge in [0.25, 0.3) is 11.8 Å². The highest BCUT2D eigenvalue weighted by Crippen LogP contribution is 2.25. The number of piperazine rings is 1. The summed E-state index contributed by atoms with van der Waals surface area (Å²) < 4.78 is 26.3. The summed E-state index contributed by atoms with van der Waals surface area (Å²) in [5.74, 6) is -0.658. The van der Waals surface area contributed by atoms with Gasteiger partial charge in [0.15, 0.2) is 9.84 Å². The Balaban J connectivity index is 1.23. The van der Waals surface area contributed by atoms with E-state index in [0.717, 1.165) is 5.39 Å². The molecule has 3 heterocycles. The topological polar surface area (TPSA) is 101 Å². The average Bonchev–Trinajstić information content (AvgIpc) is 2.92. The van der Waals surface area contributed by atoms with E-state index in [1.807, 2.05) is 12.1 Å². The molecule has 1 aliphatic heterocycles. The second kappa shape index (κ2) is 10.7. The van der Waals surface area contributed by atoms with Gasteiger partial charge in [-0.3, -0.25) is 14.6 Å². The number of sulfone groups is 1. The van der Waals surface area contributed by atoms with E-state index in [9.17, 15) is 18.0 Å². The average molecular weight is 569 g/mol. The lowest BCUT2D eigenvalue weighted by atomic mass is 10.1. The number of para-hydroxylation sites is 1. The number of hydrogen-bond donors (Lipinski definition) is 0. The zero-order valence-electron chi connectivity index (χ0n) is 20.0. The van der Waals surface area contributed by atoms with Crippen molar-refractivity contribution in [3.05, 3.63) is 99.9 Å². The van der Waals surface area contributed by atoms with Gasteiger partial charge in [0.1, 0.15) is 10.3 Å². The maximum atomic E-state index is 13.1. The van der Waals surface area contributed by atoms with Crippen molar-refractivity contribution in [2.45, 2.75) is 10.6 Å². The third-order valence-electron chi connectivity index (χ3n) is 6.39. The van der Waals surface area contributed by atoms with E-state index in [1.165, 1.54) is 12.1 Å². The first-order valence-electron chi connectivity index (χ1n) is 11.8. The lowest BCUT2D eigenvalue weighted by molar-refractivity contribution is 0.0535. The van der Waals surface area contributed by atoms with E-state index in [-0.39, 0.29) is 38.3 Å². The zero-order chi connectivity index (χ0) is 26.9. The van der Waals surface area contributed by atoms with Crippen molar-refractivity contribution in [1.29, 1.82) is 0 Å². The summed E-state index contributed by atoms with van der Waals surface area (Å²) in [5.41, 5.74) is 1.72. The summed E-state index contributed by atoms with van der Waals surface area (Å²) in [4.78, 5) is 37.5. The molecule has 0 atom stereocenters. The molecule has 1 fully saturated rings. The molecule has 0 N–H and O–H groups in total. The minimum absolute atomic E-state index is 0.0415. The number of halogens is 2. The van der Waals surface area contributed by atoms with Crippen molar-refractivity contribution in [3.8, 4) is 0 Å². The van der Waals surface area contributed by atoms with Crippen LogP contribution in [0.2, 0.25) is 10.3 Å². The highest BCUT2D eigenvalue weighted by molar-refractivity contribution is 7.90. The van der Waals surface area contributed by atoms with Crippen LogP contribution in [-0.2, 0) is 15.6 Å². The van der Waals surface area contributed by atoms with Crippen LogP contribution in [0.25, 0.3) is 10.9 Å². The molecule has 0 bridgehead atoms. The maximum Gasteiger partial charge on any atom is 0.257 e. The van der Waals surface area contributed by atoms with Crippen LogP contribution in [0.15, 0.2) is 77.8 Å². The SMILES string of the molecule is O=C(c1ccc(CS(=O)(=O)c2cccc3cccnc23)cc1)N1CCN(C(=O)c2ccc(Cl)nc2Cl)CC1. The van der Waals surface area contributed by atoms with Crippen LogP contribution in [0, 0.1) is 0 Å². The van der Waals surface area contributed by atoms with Crippen LogP contribution in [0.4, 0.5) is 0 Å². The number of hydrogen-bond acceptors (Lipinski definition) is 6. The van der Waals surface area contributed by atoms with Gasteiger partial charge in [-0.15, -0.1) is 0 Å². The maximum absolute atomic E-state index is 13.1. The minimum Gasteiger partial charge on any atom is -0.335 e. The summed E-state index contributed by atoms with van der Waals surface area (Å²) in [6.07, 6.45) is 1.57. The second-order valence-electron chi connectivity index (χ2n) is 8.84. The minimum atomic E-state index is -3.65. The quantitative estimate of drug-likeness (QED) is 0.328. The molecule has 4 aromatic rings. The lowest BCUT2D eigenvalue weighted by Crippen LogP contribution is -2.50. The molecular weight excluding hydrogens is 547 g/mol. The third kappa shape index (κ3) is 5.36. The summed E-state index contributed by atoms with van der Waals surface area (Å²) in [6, 6.07) is 18.3. The number of pyridine rings is 2. The monoisotopic (exact) mass is 568 g/mol. The Hall–Kier alpha value is -3.53. The van der Waals surface area contributed by atoms with Crippen LogP contribution in [0.1, 0.15) is 26.3 Å². The van der Waals surface area contributed by atoms with Crippen LogP contribution >= 0.6 is 23.2 Å². The number of fused-ring (bicyclic) bond motifs is 1. The first-order valence-corrected chi connectivity index (χ1v) is 14.2. The molecule has 8 nitrogen and oxygen atoms in total. The number of nitrogens with zero attached hydrogens (tertiary/aromatic N) is 4. The number of rotatable bonds is 5. The van der Waals surface area contributed by atoms with Gasteiger partial charge in [-0.25, -0.2) is 13.4 Å². The Kier molecular flexibility index (Phi) is 7.34. The number of aromatic nitrogens is 2. The Bertz CT molecular complexity index is 1630. The van der Waals surface area contributed by atoms with E-state index in [4.69, 9.17) is 23.2 Å². The fraction of sp³-hybridized carbons (Fsp3) is 0.185. The molecule has 11 heteroatoms. The van der Waals surface area contributed by atoms with E-state index >= 15 is 0 Å². The first kappa shape index (κ1) is 26.1. The van der Waals surface area contributed by atoms with Crippen molar-refractivity contribution in [1.82, 2.24) is 19.8 Å². The van der Waals surface area contributed by atoms with Gasteiger partial charge in [0, 0.05) is 43.3 Å². The standard InChI is InChI=1S/C27H22Cl2N4O4S/c28-23-11-10-21(25(29)31-23)27(35)33-15-13-32(14-16-33)26(34)20-8-6-18(7-9-20)17-38(36,37)22-5-1-3-19-4-2-12-30-24(19)22/h1-12H,13-17H2. The molecule has 0 saturated carbocycles. The van der Waals surface area contributed by atoms with Crippen molar-refractivity contribution in [2.24, 2.45) is 0 Å². The van der Waals surface area contributed by atoms with E-state index in [0.29, 0.717) is 42.8 Å². The van der Waals surface area contributed by atoms with Gasteiger partial charge in [0.05, 0.1) is 21.7 Å². The van der Waals surface area contributed by atoms with Crippen LogP contribution < -0.4 is 0 Å². The number of carbonyl (C=O) groups is 2. The van der Waals surface area contributed by atoms with Gasteiger partial charge in [-0.2, -0.15) is 0 Å². The highest BCUT2D eigenvalue weighted by Gasteiger charge is 2.27. The molecule has 2 aromatic carbocycles. The summed E-state index contributed by atoms with van der Waals surface area (Å²) in [5, 5.41) is 1.00. The Morgan fingerprint density at radius 1 is 0.816 bits per heavy atom. The van der Waals surface area contributed by atoms with E-state index < -0.39 is 9.84 Å². The molecule has 0 spiro atoms. The molecule has 5 rings (SSSR count). The van der Waals surface area contributed by atoms with Gasteiger partial charge in [-0.05, 0) is 42.0 Å². The Morgan fingerprint density at radius 2 is 1.47 bits per heavy atom. The molecule has 0 radical (unpaired) electrons. The number of amides is 2. The van der Waals surface area contributed by atoms with Gasteiger partial charge in [0.2, 0.25) is 0 Å². The first-order chi connectivity index (χ1) is 18.2. The van der Waals surface area contributed by atoms with Crippen LogP contribution in [0.3, 0.4) is 0 Å². The molecule has 38 heavy (non-hydrogen) atoms. The molecule has 1 aliphatic rings. The van der Waals surface area contributed by atoms with Crippen molar-refractivity contribution in [2.75, 3.05) is 26.2 Å². The largest absolute Gasteiger partial charge is 0.335 e. The summed E-state index contributed by atoms with van der Waals surface area (Å²) in [6.45, 7) is 1.40. The highest BCUT2D eigenvalue weighted by atomic mass is 35.5. The van der Waals surface area contributed by atoms with Crippen LogP contribution in [0.5, 0.6) is 0 Å². The van der Waals surface area contributed by atoms with Crippen molar-refractivity contribution < 1.29 is 18.0 Å². The molecule has 194 valence electrons. The molecule has 0 unspecified atom stereocenters. The van der Waals surface area contributed by atoms with Crippen molar-refractivity contribution in [3.63, 3.8) is 0 Å². The fourth-order valence-electron chi connectivity index (χ4n) is 4.41. The van der Waals surface area contributed by atoms with E-state index in [1.54, 1.807) is 58.5 Å². The smallest absolute Gasteiger partial charge is 0.257 e. The van der Waals surface area contributed by atoms with E-state index in [2.05, 4.69) is 9.97 Å². The van der Waals surface area contributed by atoms with Gasteiger partial charge < -0.3 is 9.80 Å². The number of carbonyl (C=O) groups excluding carboxylic acids is 2. The van der Waals surface area contributed by atoms with Crippen LogP contribution in [-0.4, -0.2) is 66.2 Å². The predicted molar refractivity (Wildman–Crippen MR) is 145 cm³/mol. The Labute approximate surface area is 229 Å². The number of benzene rings is 2. The zero-order valence-corrected chi connectivity index (χ0v) is 22.4. The molecular formula is C27H22Cl2N4O4S. The molecule has 1 saturated heterocycles. The Morgan fingerprint density at radius 3 is 2.16 bits per heavy atom. The van der Waals surface area contributed by atoms with Gasteiger partial charge in [-0.1, -0.05) is 53.5 Å². The van der Waals surface area contributed by atoms with Gasteiger partial charge >= 0.3 is 0 Å². The lowest BCUT2D eigenvalue weighted by Gasteiger charge is -2.35. The summed E-state index contributed by atoms with van der Waals surface area (Å²) >= 11 is 11.9.